The van der Waals surface area contributed by atoms with Crippen LogP contribution in [0.1, 0.15) is 83.3 Å². The van der Waals surface area contributed by atoms with Crippen LogP contribution in [0, 0.1) is 0 Å². The van der Waals surface area contributed by atoms with E-state index in [1.807, 2.05) is 18.2 Å². The Bertz CT molecular complexity index is 2130. The van der Waals surface area contributed by atoms with Crippen molar-refractivity contribution in [2.24, 2.45) is 0 Å². The Morgan fingerprint density at radius 1 is 0.529 bits per heavy atom. The van der Waals surface area contributed by atoms with Crippen molar-refractivity contribution in [3.05, 3.63) is 108 Å². The third-order valence-electron chi connectivity index (χ3n) is 11.6. The van der Waals surface area contributed by atoms with Gasteiger partial charge in [0.1, 0.15) is 5.60 Å². The lowest BCUT2D eigenvalue weighted by molar-refractivity contribution is -0.245. The van der Waals surface area contributed by atoms with Gasteiger partial charge in [0.2, 0.25) is 0 Å². The highest BCUT2D eigenvalue weighted by Gasteiger charge is 2.63. The summed E-state index contributed by atoms with van der Waals surface area (Å²) in [6.07, 6.45) is 4.55. The highest BCUT2D eigenvalue weighted by atomic mass is 16.4. The molecule has 0 spiro atoms. The van der Waals surface area contributed by atoms with Gasteiger partial charge in [0.05, 0.1) is 12.2 Å². The van der Waals surface area contributed by atoms with Gasteiger partial charge in [0.15, 0.2) is 0 Å². The average Bonchev–Trinajstić information content (AvgIpc) is 3.16. The molecule has 0 radical (unpaired) electrons. The van der Waals surface area contributed by atoms with Crippen LogP contribution in [0.5, 0.6) is 0 Å². The maximum Gasteiger partial charge on any atom is 0.143 e. The summed E-state index contributed by atoms with van der Waals surface area (Å²) >= 11 is 0. The molecule has 3 N–H and O–H groups in total. The topological polar surface area (TPSA) is 67.2 Å². The molecule has 5 heteroatoms. The molecular formula is C46H54N2O3. The van der Waals surface area contributed by atoms with Crippen LogP contribution >= 0.6 is 0 Å². The third kappa shape index (κ3) is 6.13. The van der Waals surface area contributed by atoms with E-state index in [2.05, 4.69) is 116 Å². The van der Waals surface area contributed by atoms with E-state index >= 15 is 0 Å². The van der Waals surface area contributed by atoms with Gasteiger partial charge in [0.25, 0.3) is 0 Å². The number of aliphatic hydroxyl groups is 3. The minimum atomic E-state index is -1.83. The van der Waals surface area contributed by atoms with Gasteiger partial charge in [-0.25, -0.2) is 0 Å². The molecule has 0 heterocycles. The standard InChI is InChI=1S/C46H54N2O3/c1-5-9-15-25-48(26-16-10-6-2)42-24-22-40(37-28-32-18-12-14-20-34(32)30-39(37)42)46(51)44(49)43(45(46)50)35-21-23-41(47(7-3)8-4)38-29-33-19-13-11-17-31(33)27-36(35)38/h11-14,17-24,27-30,43-45,49-51H,5-10,15-16,25-26H2,1-4H3. The van der Waals surface area contributed by atoms with Crippen molar-refractivity contribution in [3.8, 4) is 0 Å². The highest BCUT2D eigenvalue weighted by molar-refractivity contribution is 6.07. The van der Waals surface area contributed by atoms with Crippen LogP contribution in [0.2, 0.25) is 0 Å². The maximum absolute atomic E-state index is 12.5. The van der Waals surface area contributed by atoms with E-state index in [0.29, 0.717) is 5.56 Å². The molecule has 6 aromatic rings. The lowest BCUT2D eigenvalue weighted by Gasteiger charge is -2.54. The predicted octanol–water partition coefficient (Wildman–Crippen LogP) is 10.0. The molecule has 0 saturated heterocycles. The summed E-state index contributed by atoms with van der Waals surface area (Å²) in [4.78, 5) is 4.86. The molecule has 0 aliphatic heterocycles. The number of benzene rings is 6. The summed E-state index contributed by atoms with van der Waals surface area (Å²) in [5, 5.41) is 45.3. The second-order valence-corrected chi connectivity index (χ2v) is 14.6. The van der Waals surface area contributed by atoms with Gasteiger partial charge < -0.3 is 25.1 Å². The minimum absolute atomic E-state index is 0.583. The summed E-state index contributed by atoms with van der Waals surface area (Å²) in [6.45, 7) is 12.5. The van der Waals surface area contributed by atoms with Crippen molar-refractivity contribution in [1.82, 2.24) is 0 Å². The number of unbranched alkanes of at least 4 members (excludes halogenated alkanes) is 4. The van der Waals surface area contributed by atoms with Crippen molar-refractivity contribution in [1.29, 1.82) is 0 Å². The quantitative estimate of drug-likeness (QED) is 0.0788. The Labute approximate surface area is 303 Å². The van der Waals surface area contributed by atoms with Gasteiger partial charge in [-0.15, -0.1) is 0 Å². The second-order valence-electron chi connectivity index (χ2n) is 14.6. The maximum atomic E-state index is 12.5. The van der Waals surface area contributed by atoms with E-state index in [1.54, 1.807) is 0 Å². The number of nitrogens with zero attached hydrogens (tertiary/aromatic N) is 2. The van der Waals surface area contributed by atoms with E-state index in [9.17, 15) is 15.3 Å². The number of hydrogen-bond acceptors (Lipinski definition) is 5. The van der Waals surface area contributed by atoms with Crippen LogP contribution in [0.15, 0.2) is 97.1 Å². The van der Waals surface area contributed by atoms with E-state index in [4.69, 9.17) is 0 Å². The molecule has 1 aliphatic carbocycles. The van der Waals surface area contributed by atoms with Crippen molar-refractivity contribution in [3.63, 3.8) is 0 Å². The fraction of sp³-hybridized carbons (Fsp3) is 0.391. The van der Waals surface area contributed by atoms with Crippen LogP contribution in [0.25, 0.3) is 43.1 Å². The van der Waals surface area contributed by atoms with Crippen LogP contribution < -0.4 is 9.80 Å². The molecule has 7 rings (SSSR count). The zero-order valence-electron chi connectivity index (χ0n) is 30.8. The minimum Gasteiger partial charge on any atom is -0.389 e. The Morgan fingerprint density at radius 3 is 1.49 bits per heavy atom. The number of hydrogen-bond donors (Lipinski definition) is 3. The van der Waals surface area contributed by atoms with Gasteiger partial charge in [-0.05, 0) is 107 Å². The number of anilines is 2. The molecule has 0 aromatic heterocycles. The number of rotatable bonds is 14. The smallest absolute Gasteiger partial charge is 0.143 e. The average molecular weight is 683 g/mol. The summed E-state index contributed by atoms with van der Waals surface area (Å²) in [7, 11) is 0. The highest BCUT2D eigenvalue weighted by Crippen LogP contribution is 2.55. The normalized spacial score (nSPS) is 20.3. The van der Waals surface area contributed by atoms with Gasteiger partial charge >= 0.3 is 0 Å². The molecule has 1 saturated carbocycles. The molecule has 266 valence electrons. The Kier molecular flexibility index (Phi) is 10.2. The van der Waals surface area contributed by atoms with Crippen molar-refractivity contribution in [2.75, 3.05) is 36.0 Å². The Balaban J connectivity index is 1.35. The lowest BCUT2D eigenvalue weighted by Crippen LogP contribution is -2.66. The molecule has 2 unspecified atom stereocenters. The van der Waals surface area contributed by atoms with Crippen LogP contribution in [0.3, 0.4) is 0 Å². The van der Waals surface area contributed by atoms with E-state index in [0.717, 1.165) is 99.0 Å². The second kappa shape index (κ2) is 14.8. The summed E-state index contributed by atoms with van der Waals surface area (Å²) < 4.78 is 0. The predicted molar refractivity (Wildman–Crippen MR) is 216 cm³/mol. The molecular weight excluding hydrogens is 629 g/mol. The molecule has 6 aromatic carbocycles. The molecule has 2 atom stereocenters. The Hall–Kier alpha value is -4.16. The summed E-state index contributed by atoms with van der Waals surface area (Å²) in [6, 6.07) is 33.7. The van der Waals surface area contributed by atoms with Crippen molar-refractivity contribution < 1.29 is 15.3 Å². The van der Waals surface area contributed by atoms with Gasteiger partial charge in [-0.2, -0.15) is 0 Å². The molecule has 0 amide bonds. The van der Waals surface area contributed by atoms with Crippen molar-refractivity contribution >= 4 is 54.5 Å². The Morgan fingerprint density at radius 2 is 0.980 bits per heavy atom. The van der Waals surface area contributed by atoms with E-state index in [1.165, 1.54) is 25.7 Å². The first-order valence-corrected chi connectivity index (χ1v) is 19.3. The molecule has 0 bridgehead atoms. The lowest BCUT2D eigenvalue weighted by atomic mass is 9.58. The number of aliphatic hydroxyl groups excluding tert-OH is 2. The fourth-order valence-electron chi connectivity index (χ4n) is 8.71. The van der Waals surface area contributed by atoms with E-state index < -0.39 is 23.7 Å². The zero-order chi connectivity index (χ0) is 35.7. The number of fused-ring (bicyclic) bond motifs is 4. The fourth-order valence-corrected chi connectivity index (χ4v) is 8.71. The van der Waals surface area contributed by atoms with E-state index in [-0.39, 0.29) is 0 Å². The first kappa shape index (κ1) is 35.3. The molecule has 1 aliphatic rings. The van der Waals surface area contributed by atoms with Gasteiger partial charge in [-0.1, -0.05) is 100 Å². The summed E-state index contributed by atoms with van der Waals surface area (Å²) in [5.41, 5.74) is 1.90. The van der Waals surface area contributed by atoms with Gasteiger partial charge in [-0.3, -0.25) is 0 Å². The molecule has 51 heavy (non-hydrogen) atoms. The molecule has 1 fully saturated rings. The van der Waals surface area contributed by atoms with Crippen LogP contribution in [0.4, 0.5) is 11.4 Å². The van der Waals surface area contributed by atoms with Crippen molar-refractivity contribution in [2.45, 2.75) is 89.9 Å². The first-order valence-electron chi connectivity index (χ1n) is 19.3. The van der Waals surface area contributed by atoms with Gasteiger partial charge in [0, 0.05) is 54.2 Å². The SMILES string of the molecule is CCCCCN(CCCCC)c1ccc(C2(O)C(O)C(c3ccc(N(CC)CC)c4cc5ccccc5cc34)C2O)c2cc3ccccc3cc12. The van der Waals surface area contributed by atoms with Crippen LogP contribution in [-0.2, 0) is 5.60 Å². The monoisotopic (exact) mass is 682 g/mol. The summed E-state index contributed by atoms with van der Waals surface area (Å²) in [5.74, 6) is -0.654. The molecule has 5 nitrogen and oxygen atoms in total. The first-order chi connectivity index (χ1) is 24.8. The third-order valence-corrected chi connectivity index (χ3v) is 11.6. The van der Waals surface area contributed by atoms with Crippen LogP contribution in [-0.4, -0.2) is 53.7 Å². The zero-order valence-corrected chi connectivity index (χ0v) is 30.8. The largest absolute Gasteiger partial charge is 0.389 e.